The van der Waals surface area contributed by atoms with Gasteiger partial charge >= 0.3 is 16.3 Å². The lowest BCUT2D eigenvalue weighted by molar-refractivity contribution is -0.140. The van der Waals surface area contributed by atoms with Crippen molar-refractivity contribution in [1.82, 2.24) is 33.7 Å². The van der Waals surface area contributed by atoms with E-state index in [1.165, 1.54) is 23.9 Å². The van der Waals surface area contributed by atoms with Gasteiger partial charge in [-0.1, -0.05) is 31.1 Å². The second-order valence-corrected chi connectivity index (χ2v) is 18.7. The highest BCUT2D eigenvalue weighted by Gasteiger charge is 2.61. The number of carbonyl (C=O) groups excluding carboxylic acids is 5. The minimum absolute atomic E-state index is 0.0376. The van der Waals surface area contributed by atoms with Gasteiger partial charge < -0.3 is 24.6 Å². The number of allylic oxidation sites excluding steroid dienone is 2. The van der Waals surface area contributed by atoms with Gasteiger partial charge in [0, 0.05) is 47.1 Å². The van der Waals surface area contributed by atoms with Gasteiger partial charge in [0.1, 0.15) is 23.3 Å². The topological polar surface area (TPSA) is 190 Å². The van der Waals surface area contributed by atoms with E-state index in [-0.39, 0.29) is 49.7 Å². The molecule has 1 saturated heterocycles. The number of hydrogen-bond donors (Lipinski definition) is 2. The van der Waals surface area contributed by atoms with Crippen molar-refractivity contribution in [3.8, 4) is 6.01 Å². The van der Waals surface area contributed by atoms with Gasteiger partial charge in [0.15, 0.2) is 5.78 Å². The summed E-state index contributed by atoms with van der Waals surface area (Å²) in [5, 5.41) is 2.75. The summed E-state index contributed by atoms with van der Waals surface area (Å²) in [5.74, 6) is -2.31. The highest BCUT2D eigenvalue weighted by molar-refractivity contribution is 7.87. The lowest BCUT2D eigenvalue weighted by Gasteiger charge is -2.30. The zero-order chi connectivity index (χ0) is 41.3. The average molecular weight is 800 g/mol. The third kappa shape index (κ3) is 9.36. The molecule has 0 radical (unpaired) electrons. The quantitative estimate of drug-likeness (QED) is 0.370. The fourth-order valence-corrected chi connectivity index (χ4v) is 8.12. The Morgan fingerprint density at radius 1 is 1.05 bits per heavy atom. The van der Waals surface area contributed by atoms with Crippen LogP contribution in [0.5, 0.6) is 6.01 Å². The van der Waals surface area contributed by atoms with Crippen LogP contribution in [-0.2, 0) is 29.3 Å². The number of alkyl carbamates (subject to hydrolysis) is 1. The zero-order valence-corrected chi connectivity index (χ0v) is 34.8. The van der Waals surface area contributed by atoms with Crippen molar-refractivity contribution in [2.75, 3.05) is 34.7 Å². The third-order valence-corrected chi connectivity index (χ3v) is 11.9. The van der Waals surface area contributed by atoms with Crippen molar-refractivity contribution in [2.24, 2.45) is 11.3 Å². The van der Waals surface area contributed by atoms with E-state index in [2.05, 4.69) is 10.0 Å². The fraction of sp³-hybridized carbons (Fsp3) is 0.641. The minimum Gasteiger partial charge on any atom is -0.459 e. The van der Waals surface area contributed by atoms with Crippen LogP contribution in [0.4, 0.5) is 4.79 Å². The summed E-state index contributed by atoms with van der Waals surface area (Å²) >= 11 is 0. The Hall–Kier alpha value is -4.51. The maximum Gasteiger partial charge on any atom is 0.408 e. The Morgan fingerprint density at radius 3 is 2.41 bits per heavy atom. The number of amides is 4. The SMILES string of the molecule is CC(C)n1c(O[C@@H]2C[C@H]3C(=O)C[C@]4(C(=O)NS(=O)(=O)N(C)C)C[C@@H]4/C=C\CCCCC[C@H](NC(=O)OC(C)(C)C)C(=O)N3C2)nc2c(C(=O)N(C)C)cccc21. The number of fused-ring (bicyclic) bond motifs is 3. The number of aromatic nitrogens is 2. The van der Waals surface area contributed by atoms with Gasteiger partial charge in [-0.3, -0.25) is 23.7 Å². The molecule has 5 atom stereocenters. The molecule has 2 fully saturated rings. The number of benzene rings is 1. The predicted octanol–water partition coefficient (Wildman–Crippen LogP) is 3.97. The molecule has 2 aromatic rings. The van der Waals surface area contributed by atoms with E-state index in [9.17, 15) is 32.4 Å². The molecule has 1 aromatic carbocycles. The highest BCUT2D eigenvalue weighted by atomic mass is 32.2. The van der Waals surface area contributed by atoms with Crippen LogP contribution in [0.2, 0.25) is 0 Å². The number of hydrogen-bond acceptors (Lipinski definition) is 10. The standard InChI is InChI=1S/C39H57N7O9S/c1-24(2)46-29-19-15-17-27(33(48)43(6)7)32(29)41-36(46)54-26-20-30-31(47)22-39(35(50)42-56(52,53)44(8)9)21-25(39)16-13-11-10-12-14-18-28(34(49)45(30)23-26)40-37(51)55-38(3,4)5/h13,15-17,19,24-26,28,30H,10-12,14,18,20-23H2,1-9H3,(H,40,51)(H,42,50)/b16-13-/t25-,26+,28-,30-,39+/m0/s1. The molecular formula is C39H57N7O9S. The summed E-state index contributed by atoms with van der Waals surface area (Å²) in [6, 6.07) is 3.31. The molecule has 4 amide bonds. The molecular weight excluding hydrogens is 743 g/mol. The van der Waals surface area contributed by atoms with Crippen LogP contribution in [0, 0.1) is 11.3 Å². The van der Waals surface area contributed by atoms with Crippen molar-refractivity contribution in [3.63, 3.8) is 0 Å². The van der Waals surface area contributed by atoms with Crippen LogP contribution in [0.3, 0.4) is 0 Å². The molecule has 3 heterocycles. The summed E-state index contributed by atoms with van der Waals surface area (Å²) in [4.78, 5) is 76.7. The largest absolute Gasteiger partial charge is 0.459 e. The van der Waals surface area contributed by atoms with E-state index in [0.29, 0.717) is 35.9 Å². The van der Waals surface area contributed by atoms with Gasteiger partial charge in [-0.25, -0.2) is 9.52 Å². The molecule has 1 saturated carbocycles. The molecule has 17 heteroatoms. The van der Waals surface area contributed by atoms with Gasteiger partial charge in [-0.05, 0) is 78.4 Å². The maximum absolute atomic E-state index is 14.6. The molecule has 16 nitrogen and oxygen atoms in total. The summed E-state index contributed by atoms with van der Waals surface area (Å²) in [6.07, 6.45) is 5.45. The first-order chi connectivity index (χ1) is 26.1. The molecule has 0 unspecified atom stereocenters. The number of nitrogens with zero attached hydrogens (tertiary/aromatic N) is 5. The van der Waals surface area contributed by atoms with Crippen LogP contribution < -0.4 is 14.8 Å². The number of nitrogens with one attached hydrogen (secondary N) is 2. The second kappa shape index (κ2) is 16.5. The predicted molar refractivity (Wildman–Crippen MR) is 209 cm³/mol. The van der Waals surface area contributed by atoms with E-state index in [0.717, 1.165) is 17.1 Å². The average Bonchev–Trinajstić information content (AvgIpc) is 3.42. The van der Waals surface area contributed by atoms with Crippen LogP contribution >= 0.6 is 0 Å². The third-order valence-electron chi connectivity index (χ3n) is 10.5. The van der Waals surface area contributed by atoms with Gasteiger partial charge in [-0.15, -0.1) is 0 Å². The Labute approximate surface area is 329 Å². The Morgan fingerprint density at radius 2 is 1.77 bits per heavy atom. The molecule has 56 heavy (non-hydrogen) atoms. The van der Waals surface area contributed by atoms with Gasteiger partial charge in [0.25, 0.3) is 11.9 Å². The second-order valence-electron chi connectivity index (χ2n) is 16.8. The summed E-state index contributed by atoms with van der Waals surface area (Å²) in [6.45, 7) is 9.04. The first-order valence-corrected chi connectivity index (χ1v) is 20.7. The van der Waals surface area contributed by atoms with E-state index < -0.39 is 63.1 Å². The number of para-hydroxylation sites is 1. The maximum atomic E-state index is 14.6. The molecule has 3 aliphatic rings. The van der Waals surface area contributed by atoms with Crippen molar-refractivity contribution >= 4 is 50.8 Å². The number of ether oxygens (including phenoxy) is 2. The number of ketones is 1. The number of rotatable bonds is 8. The van der Waals surface area contributed by atoms with E-state index in [1.807, 2.05) is 36.6 Å². The summed E-state index contributed by atoms with van der Waals surface area (Å²) in [5.41, 5.74) is -0.633. The van der Waals surface area contributed by atoms with Gasteiger partial charge in [0.2, 0.25) is 11.8 Å². The lowest BCUT2D eigenvalue weighted by atomic mass is 9.91. The molecule has 2 N–H and O–H groups in total. The minimum atomic E-state index is -4.15. The fourth-order valence-electron chi connectivity index (χ4n) is 7.50. The first-order valence-electron chi connectivity index (χ1n) is 19.3. The molecule has 0 bridgehead atoms. The molecule has 2 aliphatic heterocycles. The van der Waals surface area contributed by atoms with E-state index >= 15 is 0 Å². The molecule has 5 rings (SSSR count). The molecule has 308 valence electrons. The normalized spacial score (nSPS) is 25.5. The first kappa shape index (κ1) is 42.6. The van der Waals surface area contributed by atoms with Crippen molar-refractivity contribution in [1.29, 1.82) is 0 Å². The molecule has 1 aliphatic carbocycles. The Kier molecular flexibility index (Phi) is 12.6. The van der Waals surface area contributed by atoms with Crippen molar-refractivity contribution in [2.45, 2.75) is 116 Å². The summed E-state index contributed by atoms with van der Waals surface area (Å²) < 4.78 is 42.5. The summed E-state index contributed by atoms with van der Waals surface area (Å²) in [7, 11) is 1.77. The number of Topliss-reactive ketones (excluding diaryl/α,β-unsaturated/α-hetero) is 1. The Bertz CT molecular complexity index is 1980. The zero-order valence-electron chi connectivity index (χ0n) is 34.0. The van der Waals surface area contributed by atoms with Crippen LogP contribution in [0.25, 0.3) is 11.0 Å². The number of carbonyl (C=O) groups is 5. The van der Waals surface area contributed by atoms with Crippen LogP contribution in [-0.4, -0.2) is 120 Å². The van der Waals surface area contributed by atoms with Crippen LogP contribution in [0.1, 0.15) is 102 Å². The van der Waals surface area contributed by atoms with Gasteiger partial charge in [0.05, 0.1) is 29.1 Å². The monoisotopic (exact) mass is 799 g/mol. The molecule has 1 aromatic heterocycles. The highest BCUT2D eigenvalue weighted by Crippen LogP contribution is 2.57. The van der Waals surface area contributed by atoms with E-state index in [4.69, 9.17) is 14.5 Å². The molecule has 0 spiro atoms. The smallest absolute Gasteiger partial charge is 0.408 e. The van der Waals surface area contributed by atoms with Crippen molar-refractivity contribution in [3.05, 3.63) is 35.9 Å². The van der Waals surface area contributed by atoms with Crippen molar-refractivity contribution < 1.29 is 41.9 Å². The van der Waals surface area contributed by atoms with Crippen LogP contribution in [0.15, 0.2) is 30.4 Å². The number of imidazole rings is 1. The Balaban J connectivity index is 1.53. The lowest BCUT2D eigenvalue weighted by Crippen LogP contribution is -2.53. The van der Waals surface area contributed by atoms with Gasteiger partial charge in [-0.2, -0.15) is 17.7 Å². The van der Waals surface area contributed by atoms with E-state index in [1.54, 1.807) is 47.0 Å².